The first-order valence-electron chi connectivity index (χ1n) is 10.6. The number of allylic oxidation sites excluding steroid dienone is 1. The van der Waals surface area contributed by atoms with Gasteiger partial charge < -0.3 is 4.57 Å². The minimum atomic E-state index is -4.32. The standard InChI is InChI=1S/C23H20F4N4S2.CH3Cl/c1-13-8-21-17(9-19(13)24)18(10-28)22(31(21)15-6-7-32-12-15)20-5-3-4-16(11-29-20)33-30-14(2)23(25,26)27;1-2/h5-9,11-12,14,16,30H,3-4H2,1-2H3;1H3. The van der Waals surface area contributed by atoms with Crippen LogP contribution in [-0.2, 0) is 0 Å². The lowest BCUT2D eigenvalue weighted by atomic mass is 10.1. The molecule has 2 aromatic heterocycles. The summed E-state index contributed by atoms with van der Waals surface area (Å²) >= 11 is 7.13. The van der Waals surface area contributed by atoms with Crippen molar-refractivity contribution in [2.75, 3.05) is 6.38 Å². The number of aryl methyl sites for hydroxylation is 1. The number of alkyl halides is 4. The van der Waals surface area contributed by atoms with Gasteiger partial charge in [0.2, 0.25) is 0 Å². The van der Waals surface area contributed by atoms with E-state index in [0.29, 0.717) is 46.3 Å². The summed E-state index contributed by atoms with van der Waals surface area (Å²) in [5, 5.41) is 14.1. The summed E-state index contributed by atoms with van der Waals surface area (Å²) in [7, 11) is 0. The molecule has 2 atom stereocenters. The highest BCUT2D eigenvalue weighted by Gasteiger charge is 2.36. The lowest BCUT2D eigenvalue weighted by Gasteiger charge is -2.18. The van der Waals surface area contributed by atoms with E-state index in [9.17, 15) is 22.8 Å². The topological polar surface area (TPSA) is 53.1 Å². The fourth-order valence-electron chi connectivity index (χ4n) is 3.60. The predicted molar refractivity (Wildman–Crippen MR) is 138 cm³/mol. The highest BCUT2D eigenvalue weighted by Crippen LogP contribution is 2.37. The van der Waals surface area contributed by atoms with Crippen LogP contribution in [-0.4, -0.2) is 34.6 Å². The Kier molecular flexibility index (Phi) is 9.05. The number of hydrogen-bond donors (Lipinski definition) is 1. The highest BCUT2D eigenvalue weighted by atomic mass is 35.5. The number of halogens is 5. The number of aromatic nitrogens is 1. The van der Waals surface area contributed by atoms with Crippen molar-refractivity contribution in [2.24, 2.45) is 4.99 Å². The Hall–Kier alpha value is -2.32. The summed E-state index contributed by atoms with van der Waals surface area (Å²) in [6.07, 6.45) is 1.80. The molecule has 11 heteroatoms. The van der Waals surface area contributed by atoms with E-state index in [4.69, 9.17) is 0 Å². The molecule has 0 spiro atoms. The Bertz CT molecular complexity index is 1270. The van der Waals surface area contributed by atoms with Crippen LogP contribution in [0.15, 0.2) is 40.0 Å². The molecule has 4 rings (SSSR count). The summed E-state index contributed by atoms with van der Waals surface area (Å²) in [6.45, 7) is 2.75. The monoisotopic (exact) mass is 542 g/mol. The Morgan fingerprint density at radius 1 is 1.34 bits per heavy atom. The van der Waals surface area contributed by atoms with Gasteiger partial charge >= 0.3 is 6.18 Å². The summed E-state index contributed by atoms with van der Waals surface area (Å²) in [5.74, 6) is -0.396. The van der Waals surface area contributed by atoms with Gasteiger partial charge in [-0.3, -0.25) is 9.71 Å². The summed E-state index contributed by atoms with van der Waals surface area (Å²) in [6, 6.07) is 5.57. The summed E-state index contributed by atoms with van der Waals surface area (Å²) in [4.78, 5) is 4.57. The maximum atomic E-state index is 14.4. The minimum Gasteiger partial charge on any atom is -0.306 e. The van der Waals surface area contributed by atoms with Gasteiger partial charge in [-0.2, -0.15) is 29.8 Å². The molecule has 0 aliphatic carbocycles. The molecule has 0 saturated heterocycles. The maximum Gasteiger partial charge on any atom is 0.404 e. The van der Waals surface area contributed by atoms with Crippen LogP contribution in [0.3, 0.4) is 0 Å². The van der Waals surface area contributed by atoms with Crippen LogP contribution in [0.2, 0.25) is 0 Å². The molecule has 35 heavy (non-hydrogen) atoms. The second-order valence-electron chi connectivity index (χ2n) is 7.75. The molecular formula is C24H23ClF4N4S2. The van der Waals surface area contributed by atoms with Crippen molar-refractivity contribution >= 4 is 57.7 Å². The van der Waals surface area contributed by atoms with Crippen molar-refractivity contribution < 1.29 is 17.6 Å². The number of fused-ring (bicyclic) bond motifs is 1. The average molecular weight is 543 g/mol. The molecule has 0 amide bonds. The van der Waals surface area contributed by atoms with Gasteiger partial charge in [-0.05, 0) is 55.8 Å². The van der Waals surface area contributed by atoms with Gasteiger partial charge in [-0.1, -0.05) is 18.0 Å². The van der Waals surface area contributed by atoms with Crippen LogP contribution in [0.25, 0.3) is 22.3 Å². The van der Waals surface area contributed by atoms with E-state index < -0.39 is 18.0 Å². The largest absolute Gasteiger partial charge is 0.404 e. The zero-order valence-electron chi connectivity index (χ0n) is 19.2. The zero-order chi connectivity index (χ0) is 25.8. The number of nitriles is 1. The first-order valence-corrected chi connectivity index (χ1v) is 13.2. The average Bonchev–Trinajstić information content (AvgIpc) is 3.38. The molecule has 3 aromatic rings. The second kappa shape index (κ2) is 11.6. The van der Waals surface area contributed by atoms with Crippen molar-refractivity contribution in [3.63, 3.8) is 0 Å². The number of benzene rings is 1. The van der Waals surface area contributed by atoms with Gasteiger partial charge in [-0.25, -0.2) is 4.39 Å². The molecule has 1 N–H and O–H groups in total. The van der Waals surface area contributed by atoms with Crippen molar-refractivity contribution in [3.05, 3.63) is 57.7 Å². The zero-order valence-corrected chi connectivity index (χ0v) is 21.5. The van der Waals surface area contributed by atoms with Crippen LogP contribution in [0.4, 0.5) is 17.6 Å². The number of rotatable bonds is 5. The molecule has 1 aliphatic rings. The van der Waals surface area contributed by atoms with Gasteiger partial charge in [0.1, 0.15) is 17.9 Å². The third-order valence-corrected chi connectivity index (χ3v) is 7.24. The van der Waals surface area contributed by atoms with E-state index in [1.807, 2.05) is 27.5 Å². The third kappa shape index (κ3) is 5.92. The van der Waals surface area contributed by atoms with Crippen molar-refractivity contribution in [1.82, 2.24) is 9.29 Å². The first-order chi connectivity index (χ1) is 16.7. The highest BCUT2D eigenvalue weighted by molar-refractivity contribution is 7.98. The van der Waals surface area contributed by atoms with E-state index in [0.717, 1.165) is 24.6 Å². The number of aliphatic imine (C=N–C) groups is 1. The molecule has 0 fully saturated rings. The molecular weight excluding hydrogens is 520 g/mol. The smallest absolute Gasteiger partial charge is 0.306 e. The molecule has 186 valence electrons. The van der Waals surface area contributed by atoms with E-state index in [-0.39, 0.29) is 5.25 Å². The van der Waals surface area contributed by atoms with Crippen LogP contribution >= 0.6 is 34.9 Å². The summed E-state index contributed by atoms with van der Waals surface area (Å²) in [5.41, 5.74) is 3.40. The Morgan fingerprint density at radius 3 is 2.71 bits per heavy atom. The van der Waals surface area contributed by atoms with Crippen molar-refractivity contribution in [3.8, 4) is 11.8 Å². The van der Waals surface area contributed by atoms with Crippen molar-refractivity contribution in [2.45, 2.75) is 44.2 Å². The Labute approximate surface area is 214 Å². The maximum absolute atomic E-state index is 14.4. The van der Waals surface area contributed by atoms with Gasteiger partial charge in [0.15, 0.2) is 0 Å². The Morgan fingerprint density at radius 2 is 2.09 bits per heavy atom. The SMILES string of the molecule is CCl.Cc1cc2c(cc1F)c(C#N)c(C1=CCCC(SNC(C)C(F)(F)F)C=N1)n2-c1ccsc1. The number of hydrogen-bond acceptors (Lipinski definition) is 5. The number of nitrogens with one attached hydrogen (secondary N) is 1. The molecule has 0 saturated carbocycles. The van der Waals surface area contributed by atoms with Gasteiger partial charge in [0, 0.05) is 23.4 Å². The quantitative estimate of drug-likeness (QED) is 0.205. The van der Waals surface area contributed by atoms with Gasteiger partial charge in [0.25, 0.3) is 0 Å². The van der Waals surface area contributed by atoms with Crippen LogP contribution in [0, 0.1) is 24.1 Å². The molecule has 0 radical (unpaired) electrons. The number of nitrogens with zero attached hydrogens (tertiary/aromatic N) is 3. The van der Waals surface area contributed by atoms with E-state index in [1.165, 1.54) is 23.8 Å². The summed E-state index contributed by atoms with van der Waals surface area (Å²) < 4.78 is 57.2. The lowest BCUT2D eigenvalue weighted by Crippen LogP contribution is -2.37. The molecule has 1 aliphatic heterocycles. The first kappa shape index (κ1) is 27.3. The molecule has 4 nitrogen and oxygen atoms in total. The van der Waals surface area contributed by atoms with Gasteiger partial charge in [-0.15, -0.1) is 11.6 Å². The van der Waals surface area contributed by atoms with Crippen molar-refractivity contribution in [1.29, 1.82) is 5.26 Å². The molecule has 2 unspecified atom stereocenters. The molecule has 1 aromatic carbocycles. The van der Waals surface area contributed by atoms with E-state index >= 15 is 0 Å². The third-order valence-electron chi connectivity index (χ3n) is 5.42. The molecule has 3 heterocycles. The van der Waals surface area contributed by atoms with Crippen LogP contribution in [0.5, 0.6) is 0 Å². The predicted octanol–water partition coefficient (Wildman–Crippen LogP) is 7.63. The van der Waals surface area contributed by atoms with Crippen LogP contribution in [0.1, 0.15) is 36.6 Å². The van der Waals surface area contributed by atoms with E-state index in [2.05, 4.69) is 27.4 Å². The Balaban J connectivity index is 0.00000167. The fraction of sp³-hybridized carbons (Fsp3) is 0.333. The number of thiophene rings is 1. The molecule has 0 bridgehead atoms. The van der Waals surface area contributed by atoms with Crippen LogP contribution < -0.4 is 4.72 Å². The van der Waals surface area contributed by atoms with E-state index in [1.54, 1.807) is 19.2 Å². The lowest BCUT2D eigenvalue weighted by molar-refractivity contribution is -0.146. The normalized spacial score (nSPS) is 16.8. The second-order valence-corrected chi connectivity index (χ2v) is 9.61. The van der Waals surface area contributed by atoms with Gasteiger partial charge in [0.05, 0.1) is 33.4 Å². The fourth-order valence-corrected chi connectivity index (χ4v) is 5.11. The minimum absolute atomic E-state index is 0.271.